The summed E-state index contributed by atoms with van der Waals surface area (Å²) in [7, 11) is 1.50. The molecule has 1 atom stereocenters. The second-order valence-electron chi connectivity index (χ2n) is 7.78. The maximum Gasteiger partial charge on any atom is 0.416 e. The molecule has 10 heteroatoms. The van der Waals surface area contributed by atoms with Crippen molar-refractivity contribution in [2.24, 2.45) is 5.92 Å². The number of nitrogens with one attached hydrogen (secondary N) is 2. The minimum Gasteiger partial charge on any atom is -0.354 e. The summed E-state index contributed by atoms with van der Waals surface area (Å²) in [4.78, 5) is 40.1. The van der Waals surface area contributed by atoms with Gasteiger partial charge in [-0.3, -0.25) is 14.5 Å². The van der Waals surface area contributed by atoms with Crippen LogP contribution in [0.25, 0.3) is 0 Å². The van der Waals surface area contributed by atoms with Crippen molar-refractivity contribution < 1.29 is 27.6 Å². The number of nitrogens with zero attached hydrogens (tertiary/aromatic N) is 2. The van der Waals surface area contributed by atoms with E-state index >= 15 is 0 Å². The van der Waals surface area contributed by atoms with Crippen molar-refractivity contribution in [1.29, 1.82) is 0 Å². The molecule has 0 fully saturated rings. The van der Waals surface area contributed by atoms with Gasteiger partial charge in [0.25, 0.3) is 5.91 Å². The van der Waals surface area contributed by atoms with Crippen molar-refractivity contribution in [2.75, 3.05) is 26.7 Å². The highest BCUT2D eigenvalue weighted by Gasteiger charge is 2.43. The monoisotopic (exact) mass is 424 g/mol. The van der Waals surface area contributed by atoms with Gasteiger partial charge in [-0.2, -0.15) is 13.2 Å². The quantitative estimate of drug-likeness (QED) is 0.761. The van der Waals surface area contributed by atoms with Crippen LogP contribution in [0.4, 0.5) is 18.0 Å². The zero-order valence-corrected chi connectivity index (χ0v) is 16.8. The molecule has 0 bridgehead atoms. The van der Waals surface area contributed by atoms with Gasteiger partial charge in [-0.1, -0.05) is 26.0 Å². The standard InChI is InChI=1S/C20H23F3N4O3/c1-11(2)8-24-15(28)10-27-9-14-16(18(27)29)17(25-19(30)26(14)3)12-4-6-13(7-5-12)20(21,22)23/h4-7,11,17H,8-10H2,1-3H3,(H,24,28)(H,25,30). The maximum atomic E-state index is 13.0. The molecule has 3 rings (SSSR count). The summed E-state index contributed by atoms with van der Waals surface area (Å²) in [6, 6.07) is 2.96. The normalized spacial score (nSPS) is 19.4. The van der Waals surface area contributed by atoms with Crippen LogP contribution in [0, 0.1) is 5.92 Å². The Morgan fingerprint density at radius 2 is 1.87 bits per heavy atom. The SMILES string of the molecule is CC(C)CNC(=O)CN1CC2=C(C1=O)C(c1ccc(C(F)(F)F)cc1)NC(=O)N2C. The van der Waals surface area contributed by atoms with Crippen molar-refractivity contribution >= 4 is 17.8 Å². The molecule has 162 valence electrons. The van der Waals surface area contributed by atoms with Gasteiger partial charge in [-0.15, -0.1) is 0 Å². The first-order chi connectivity index (χ1) is 14.0. The molecule has 0 radical (unpaired) electrons. The number of benzene rings is 1. The van der Waals surface area contributed by atoms with E-state index in [0.717, 1.165) is 12.1 Å². The number of hydrogen-bond acceptors (Lipinski definition) is 3. The lowest BCUT2D eigenvalue weighted by molar-refractivity contribution is -0.137. The molecule has 0 aliphatic carbocycles. The lowest BCUT2D eigenvalue weighted by Crippen LogP contribution is -2.45. The average Bonchev–Trinajstić information content (AvgIpc) is 2.99. The summed E-state index contributed by atoms with van der Waals surface area (Å²) in [6.07, 6.45) is -4.48. The second kappa shape index (κ2) is 8.00. The molecule has 0 spiro atoms. The molecule has 7 nitrogen and oxygen atoms in total. The predicted molar refractivity (Wildman–Crippen MR) is 102 cm³/mol. The number of carbonyl (C=O) groups is 3. The molecule has 0 aromatic heterocycles. The fourth-order valence-electron chi connectivity index (χ4n) is 3.41. The number of urea groups is 1. The molecule has 2 aliphatic rings. The largest absolute Gasteiger partial charge is 0.416 e. The van der Waals surface area contributed by atoms with Crippen LogP contribution >= 0.6 is 0 Å². The summed E-state index contributed by atoms with van der Waals surface area (Å²) in [5.74, 6) is -0.488. The van der Waals surface area contributed by atoms with Crippen molar-refractivity contribution in [2.45, 2.75) is 26.1 Å². The summed E-state index contributed by atoms with van der Waals surface area (Å²) >= 11 is 0. The molecular formula is C20H23F3N4O3. The van der Waals surface area contributed by atoms with E-state index in [9.17, 15) is 27.6 Å². The Morgan fingerprint density at radius 1 is 1.23 bits per heavy atom. The van der Waals surface area contributed by atoms with Crippen LogP contribution in [0.2, 0.25) is 0 Å². The molecule has 1 aromatic rings. The summed E-state index contributed by atoms with van der Waals surface area (Å²) in [5, 5.41) is 5.40. The smallest absolute Gasteiger partial charge is 0.354 e. The third-order valence-electron chi connectivity index (χ3n) is 5.05. The number of carbonyl (C=O) groups excluding carboxylic acids is 3. The van der Waals surface area contributed by atoms with Crippen molar-refractivity contribution in [1.82, 2.24) is 20.4 Å². The Bertz CT molecular complexity index is 894. The van der Waals surface area contributed by atoms with E-state index < -0.39 is 29.7 Å². The van der Waals surface area contributed by atoms with E-state index in [1.54, 1.807) is 0 Å². The molecule has 1 aromatic carbocycles. The molecular weight excluding hydrogens is 401 g/mol. The van der Waals surface area contributed by atoms with Crippen molar-refractivity contribution in [3.8, 4) is 0 Å². The van der Waals surface area contributed by atoms with Gasteiger partial charge in [0.1, 0.15) is 6.54 Å². The lowest BCUT2D eigenvalue weighted by Gasteiger charge is -2.31. The highest BCUT2D eigenvalue weighted by Crippen LogP contribution is 2.37. The number of alkyl halides is 3. The van der Waals surface area contributed by atoms with E-state index in [-0.39, 0.29) is 30.5 Å². The van der Waals surface area contributed by atoms with Gasteiger partial charge in [0, 0.05) is 13.6 Å². The van der Waals surface area contributed by atoms with Gasteiger partial charge in [-0.25, -0.2) is 4.79 Å². The topological polar surface area (TPSA) is 81.8 Å². The number of rotatable bonds is 5. The molecule has 4 amide bonds. The van der Waals surface area contributed by atoms with Crippen molar-refractivity contribution in [3.63, 3.8) is 0 Å². The average molecular weight is 424 g/mol. The Hall–Kier alpha value is -3.04. The highest BCUT2D eigenvalue weighted by molar-refractivity contribution is 6.02. The third-order valence-corrected chi connectivity index (χ3v) is 5.05. The molecule has 2 heterocycles. The van der Waals surface area contributed by atoms with Gasteiger partial charge in [-0.05, 0) is 23.6 Å². The Labute approximate surface area is 171 Å². The van der Waals surface area contributed by atoms with E-state index in [0.29, 0.717) is 17.8 Å². The molecule has 0 saturated carbocycles. The van der Waals surface area contributed by atoms with E-state index in [1.165, 1.54) is 29.0 Å². The minimum atomic E-state index is -4.48. The first-order valence-corrected chi connectivity index (χ1v) is 9.49. The van der Waals surface area contributed by atoms with Crippen LogP contribution < -0.4 is 10.6 Å². The van der Waals surface area contributed by atoms with E-state index in [2.05, 4.69) is 10.6 Å². The van der Waals surface area contributed by atoms with Crippen LogP contribution in [0.5, 0.6) is 0 Å². The summed E-state index contributed by atoms with van der Waals surface area (Å²) in [6.45, 7) is 4.28. The third kappa shape index (κ3) is 4.27. The minimum absolute atomic E-state index is 0.0737. The van der Waals surface area contributed by atoms with Gasteiger partial charge in [0.2, 0.25) is 5.91 Å². The van der Waals surface area contributed by atoms with Gasteiger partial charge in [0.15, 0.2) is 0 Å². The number of amides is 4. The molecule has 2 N–H and O–H groups in total. The van der Waals surface area contributed by atoms with Crippen molar-refractivity contribution in [3.05, 3.63) is 46.7 Å². The Kier molecular flexibility index (Phi) is 5.78. The van der Waals surface area contributed by atoms with Gasteiger partial charge in [0.05, 0.1) is 29.4 Å². The number of hydrogen-bond donors (Lipinski definition) is 2. The fraction of sp³-hybridized carbons (Fsp3) is 0.450. The zero-order chi connectivity index (χ0) is 22.2. The first kappa shape index (κ1) is 21.7. The molecule has 2 aliphatic heterocycles. The van der Waals surface area contributed by atoms with Gasteiger partial charge < -0.3 is 15.5 Å². The maximum absolute atomic E-state index is 13.0. The summed E-state index contributed by atoms with van der Waals surface area (Å²) < 4.78 is 38.6. The molecule has 1 unspecified atom stereocenters. The Balaban J connectivity index is 1.84. The number of likely N-dealkylation sites (N-methyl/N-ethyl adjacent to an activating group) is 1. The highest BCUT2D eigenvalue weighted by atomic mass is 19.4. The first-order valence-electron chi connectivity index (χ1n) is 9.49. The summed E-state index contributed by atoms with van der Waals surface area (Å²) in [5.41, 5.74) is 0.233. The second-order valence-corrected chi connectivity index (χ2v) is 7.78. The van der Waals surface area contributed by atoms with Crippen LogP contribution in [0.1, 0.15) is 31.0 Å². The van der Waals surface area contributed by atoms with Crippen LogP contribution in [0.15, 0.2) is 35.5 Å². The van der Waals surface area contributed by atoms with Crippen LogP contribution in [-0.4, -0.2) is 54.3 Å². The predicted octanol–water partition coefficient (Wildman–Crippen LogP) is 2.27. The molecule has 0 saturated heterocycles. The van der Waals surface area contributed by atoms with Gasteiger partial charge >= 0.3 is 12.2 Å². The van der Waals surface area contributed by atoms with Crippen LogP contribution in [0.3, 0.4) is 0 Å². The fourth-order valence-corrected chi connectivity index (χ4v) is 3.41. The lowest BCUT2D eigenvalue weighted by atomic mass is 9.95. The number of halogens is 3. The van der Waals surface area contributed by atoms with E-state index in [4.69, 9.17) is 0 Å². The zero-order valence-electron chi connectivity index (χ0n) is 16.8. The van der Waals surface area contributed by atoms with Crippen LogP contribution in [-0.2, 0) is 15.8 Å². The Morgan fingerprint density at radius 3 is 2.43 bits per heavy atom. The molecule has 30 heavy (non-hydrogen) atoms. The van der Waals surface area contributed by atoms with E-state index in [1.807, 2.05) is 13.8 Å².